The van der Waals surface area contributed by atoms with Crippen LogP contribution in [0.4, 0.5) is 10.7 Å². The maximum atomic E-state index is 13.0. The summed E-state index contributed by atoms with van der Waals surface area (Å²) in [4.78, 5) is 38.6. The van der Waals surface area contributed by atoms with Gasteiger partial charge in [0, 0.05) is 6.07 Å². The third-order valence-corrected chi connectivity index (χ3v) is 6.44. The molecule has 0 aliphatic rings. The van der Waals surface area contributed by atoms with Crippen LogP contribution in [0.15, 0.2) is 35.7 Å². The number of hydrogen-bond acceptors (Lipinski definition) is 8. The van der Waals surface area contributed by atoms with Crippen LogP contribution in [0.3, 0.4) is 0 Å². The van der Waals surface area contributed by atoms with E-state index in [2.05, 4.69) is 10.6 Å². The summed E-state index contributed by atoms with van der Waals surface area (Å²) in [6, 6.07) is 8.42. The van der Waals surface area contributed by atoms with Crippen LogP contribution in [0.2, 0.25) is 0 Å². The van der Waals surface area contributed by atoms with E-state index in [-0.39, 0.29) is 21.3 Å². The van der Waals surface area contributed by atoms with Gasteiger partial charge < -0.3 is 24.8 Å². The molecule has 0 fully saturated rings. The highest BCUT2D eigenvalue weighted by molar-refractivity contribution is 7.19. The monoisotopic (exact) mass is 460 g/mol. The molecule has 0 bridgehead atoms. The van der Waals surface area contributed by atoms with Crippen molar-refractivity contribution in [1.82, 2.24) is 0 Å². The summed E-state index contributed by atoms with van der Waals surface area (Å²) in [6.07, 6.45) is 0. The average Bonchev–Trinajstić information content (AvgIpc) is 3.41. The van der Waals surface area contributed by atoms with Crippen molar-refractivity contribution in [1.29, 1.82) is 0 Å². The second-order valence-electron chi connectivity index (χ2n) is 6.20. The topological polar surface area (TPSA) is 103 Å². The fraction of sp³-hybridized carbons (Fsp3) is 0.190. The second kappa shape index (κ2) is 9.63. The van der Waals surface area contributed by atoms with Gasteiger partial charge in [-0.25, -0.2) is 4.79 Å². The summed E-state index contributed by atoms with van der Waals surface area (Å²) in [7, 11) is 4.24. The smallest absolute Gasteiger partial charge is 0.341 e. The summed E-state index contributed by atoms with van der Waals surface area (Å²) in [5.74, 6) is -0.493. The van der Waals surface area contributed by atoms with Gasteiger partial charge in [-0.15, -0.1) is 22.7 Å². The van der Waals surface area contributed by atoms with Crippen LogP contribution in [0, 0.1) is 6.92 Å². The number of esters is 1. The number of methoxy groups -OCH3 is 3. The normalized spacial score (nSPS) is 10.3. The summed E-state index contributed by atoms with van der Waals surface area (Å²) < 4.78 is 15.4. The fourth-order valence-electron chi connectivity index (χ4n) is 2.83. The van der Waals surface area contributed by atoms with Gasteiger partial charge in [-0.05, 0) is 36.1 Å². The molecule has 162 valence electrons. The zero-order chi connectivity index (χ0) is 22.5. The molecule has 1 aromatic carbocycles. The van der Waals surface area contributed by atoms with Crippen LogP contribution in [-0.4, -0.2) is 39.1 Å². The standard InChI is InChI=1S/C21H20N2O6S2/c1-11-16(21(26)29-4)20(23-18(24)15-6-5-9-30-15)31-17(11)19(25)22-13-10-12(27-2)7-8-14(13)28-3/h5-10H,1-4H3,(H,22,25)(H,23,24). The number of carbonyl (C=O) groups excluding carboxylic acids is 3. The van der Waals surface area contributed by atoms with E-state index >= 15 is 0 Å². The molecule has 3 aromatic rings. The minimum absolute atomic E-state index is 0.139. The first-order valence-electron chi connectivity index (χ1n) is 8.99. The molecule has 2 heterocycles. The van der Waals surface area contributed by atoms with E-state index in [1.165, 1.54) is 32.7 Å². The third-order valence-electron chi connectivity index (χ3n) is 4.37. The number of hydrogen-bond donors (Lipinski definition) is 2. The SMILES string of the molecule is COC(=O)c1c(NC(=O)c2cccs2)sc(C(=O)Nc2cc(OC)ccc2OC)c1C. The van der Waals surface area contributed by atoms with E-state index in [0.29, 0.717) is 27.6 Å². The highest BCUT2D eigenvalue weighted by Gasteiger charge is 2.27. The van der Waals surface area contributed by atoms with Crippen molar-refractivity contribution >= 4 is 51.1 Å². The summed E-state index contributed by atoms with van der Waals surface area (Å²) in [5.41, 5.74) is 0.946. The van der Waals surface area contributed by atoms with Crippen molar-refractivity contribution in [3.63, 3.8) is 0 Å². The Labute approximate surface area is 186 Å². The lowest BCUT2D eigenvalue weighted by Gasteiger charge is -2.11. The van der Waals surface area contributed by atoms with Crippen LogP contribution in [0.25, 0.3) is 0 Å². The highest BCUT2D eigenvalue weighted by Crippen LogP contribution is 2.36. The number of benzene rings is 1. The second-order valence-corrected chi connectivity index (χ2v) is 8.17. The Morgan fingerprint density at radius 2 is 1.74 bits per heavy atom. The van der Waals surface area contributed by atoms with E-state index in [0.717, 1.165) is 11.3 Å². The number of rotatable bonds is 7. The van der Waals surface area contributed by atoms with Crippen molar-refractivity contribution in [2.75, 3.05) is 32.0 Å². The molecule has 0 unspecified atom stereocenters. The molecule has 2 N–H and O–H groups in total. The molecule has 0 saturated heterocycles. The van der Waals surface area contributed by atoms with Gasteiger partial charge in [0.05, 0.1) is 42.3 Å². The molecule has 0 radical (unpaired) electrons. The van der Waals surface area contributed by atoms with Gasteiger partial charge in [-0.1, -0.05) is 6.07 Å². The van der Waals surface area contributed by atoms with Crippen LogP contribution in [0.1, 0.15) is 35.3 Å². The molecule has 2 aromatic heterocycles. The number of anilines is 2. The molecule has 10 heteroatoms. The Morgan fingerprint density at radius 3 is 2.35 bits per heavy atom. The predicted molar refractivity (Wildman–Crippen MR) is 120 cm³/mol. The lowest BCUT2D eigenvalue weighted by molar-refractivity contribution is 0.0601. The lowest BCUT2D eigenvalue weighted by Crippen LogP contribution is -2.14. The average molecular weight is 461 g/mol. The molecule has 8 nitrogen and oxygen atoms in total. The van der Waals surface area contributed by atoms with E-state index in [1.807, 2.05) is 0 Å². The van der Waals surface area contributed by atoms with Gasteiger partial charge in [0.15, 0.2) is 0 Å². The number of carbonyl (C=O) groups is 3. The molecule has 0 spiro atoms. The Balaban J connectivity index is 1.96. The number of thiophene rings is 2. The molecule has 0 aliphatic heterocycles. The summed E-state index contributed by atoms with van der Waals surface area (Å²) in [5, 5.41) is 7.50. The van der Waals surface area contributed by atoms with Gasteiger partial charge in [0.1, 0.15) is 16.5 Å². The van der Waals surface area contributed by atoms with Crippen LogP contribution >= 0.6 is 22.7 Å². The van der Waals surface area contributed by atoms with E-state index < -0.39 is 11.9 Å². The molecule has 3 rings (SSSR count). The zero-order valence-electron chi connectivity index (χ0n) is 17.2. The largest absolute Gasteiger partial charge is 0.497 e. The number of nitrogens with one attached hydrogen (secondary N) is 2. The van der Waals surface area contributed by atoms with E-state index in [4.69, 9.17) is 14.2 Å². The third kappa shape index (κ3) is 4.70. The van der Waals surface area contributed by atoms with Gasteiger partial charge in [-0.2, -0.15) is 0 Å². The molecular formula is C21H20N2O6S2. The molecule has 0 saturated carbocycles. The maximum absolute atomic E-state index is 13.0. The number of amides is 2. The van der Waals surface area contributed by atoms with Gasteiger partial charge in [0.2, 0.25) is 0 Å². The minimum Gasteiger partial charge on any atom is -0.497 e. The van der Waals surface area contributed by atoms with Crippen molar-refractivity contribution in [3.05, 3.63) is 56.6 Å². The molecule has 31 heavy (non-hydrogen) atoms. The van der Waals surface area contributed by atoms with Crippen molar-refractivity contribution < 1.29 is 28.6 Å². The molecule has 2 amide bonds. The zero-order valence-corrected chi connectivity index (χ0v) is 18.9. The van der Waals surface area contributed by atoms with Gasteiger partial charge >= 0.3 is 5.97 Å². The maximum Gasteiger partial charge on any atom is 0.341 e. The highest BCUT2D eigenvalue weighted by atomic mass is 32.1. The van der Waals surface area contributed by atoms with E-state index in [9.17, 15) is 14.4 Å². The van der Waals surface area contributed by atoms with Crippen molar-refractivity contribution in [2.24, 2.45) is 0 Å². The number of ether oxygens (including phenoxy) is 3. The van der Waals surface area contributed by atoms with Gasteiger partial charge in [-0.3, -0.25) is 9.59 Å². The Morgan fingerprint density at radius 1 is 0.968 bits per heavy atom. The first kappa shape index (κ1) is 22.3. The summed E-state index contributed by atoms with van der Waals surface area (Å²) in [6.45, 7) is 1.63. The molecule has 0 aliphatic carbocycles. The lowest BCUT2D eigenvalue weighted by atomic mass is 10.1. The minimum atomic E-state index is -0.645. The van der Waals surface area contributed by atoms with Gasteiger partial charge in [0.25, 0.3) is 11.8 Å². The Bertz CT molecular complexity index is 1120. The summed E-state index contributed by atoms with van der Waals surface area (Å²) >= 11 is 2.26. The van der Waals surface area contributed by atoms with Crippen LogP contribution in [0.5, 0.6) is 11.5 Å². The van der Waals surface area contributed by atoms with E-state index in [1.54, 1.807) is 42.6 Å². The van der Waals surface area contributed by atoms with Crippen LogP contribution < -0.4 is 20.1 Å². The Kier molecular flexibility index (Phi) is 6.93. The molecule has 0 atom stereocenters. The quantitative estimate of drug-likeness (QED) is 0.506. The molecular weight excluding hydrogens is 440 g/mol. The first-order valence-corrected chi connectivity index (χ1v) is 10.7. The Hall–Kier alpha value is -3.37. The van der Waals surface area contributed by atoms with Crippen molar-refractivity contribution in [2.45, 2.75) is 6.92 Å². The van der Waals surface area contributed by atoms with Crippen molar-refractivity contribution in [3.8, 4) is 11.5 Å². The fourth-order valence-corrected chi connectivity index (χ4v) is 4.53. The van der Waals surface area contributed by atoms with Crippen LogP contribution in [-0.2, 0) is 4.74 Å². The predicted octanol–water partition coefficient (Wildman–Crippen LogP) is 4.43. The first-order chi connectivity index (χ1) is 14.9.